The van der Waals surface area contributed by atoms with E-state index in [1.165, 1.54) is 122 Å². The molecule has 0 saturated carbocycles. The van der Waals surface area contributed by atoms with E-state index in [-0.39, 0.29) is 12.8 Å². The van der Waals surface area contributed by atoms with Crippen LogP contribution in [-0.2, 0) is 23.7 Å². The van der Waals surface area contributed by atoms with E-state index in [9.17, 15) is 55.9 Å². The zero-order valence-corrected chi connectivity index (χ0v) is 40.9. The normalized spacial score (nSPS) is 27.7. The minimum absolute atomic E-state index is 0.208. The van der Waals surface area contributed by atoms with Crippen molar-refractivity contribution in [2.24, 2.45) is 0 Å². The van der Waals surface area contributed by atoms with Gasteiger partial charge >= 0.3 is 0 Å². The van der Waals surface area contributed by atoms with Crippen LogP contribution in [0.4, 0.5) is 0 Å². The average Bonchev–Trinajstić information content (AvgIpc) is 3.31. The van der Waals surface area contributed by atoms with Gasteiger partial charge in [0.25, 0.3) is 0 Å². The topological polar surface area (TPSA) is 268 Å². The zero-order chi connectivity index (χ0) is 48.5. The van der Waals surface area contributed by atoms with Gasteiger partial charge in [0.1, 0.15) is 61.0 Å². The maximum Gasteiger partial charge on any atom is 0.249 e. The van der Waals surface area contributed by atoms with Crippen molar-refractivity contribution in [2.75, 3.05) is 19.8 Å². The monoisotopic (exact) mass is 952 g/mol. The molecule has 2 heterocycles. The van der Waals surface area contributed by atoms with Crippen LogP contribution < -0.4 is 5.32 Å². The molecule has 0 bridgehead atoms. The molecule has 0 aromatic heterocycles. The Balaban J connectivity index is 1.86. The number of nitrogens with one attached hydrogen (secondary N) is 1. The number of aliphatic hydroxyl groups excluding tert-OH is 10. The summed E-state index contributed by atoms with van der Waals surface area (Å²) in [5.74, 6) is -0.757. The molecule has 2 aliphatic rings. The highest BCUT2D eigenvalue weighted by Gasteiger charge is 2.48. The van der Waals surface area contributed by atoms with Gasteiger partial charge in [-0.05, 0) is 12.8 Å². The Kier molecular flexibility index (Phi) is 34.9. The van der Waals surface area contributed by atoms with Gasteiger partial charge in [-0.15, -0.1) is 0 Å². The summed E-state index contributed by atoms with van der Waals surface area (Å²) in [4.78, 5) is 13.3. The summed E-state index contributed by atoms with van der Waals surface area (Å²) >= 11 is 0. The van der Waals surface area contributed by atoms with Gasteiger partial charge in [0.2, 0.25) is 5.91 Å². The van der Waals surface area contributed by atoms with E-state index in [0.29, 0.717) is 12.8 Å². The molecule has 66 heavy (non-hydrogen) atoms. The molecular formula is C50H97NO15. The second-order valence-corrected chi connectivity index (χ2v) is 19.3. The Labute approximate surface area is 397 Å². The number of hydrogen-bond donors (Lipinski definition) is 11. The number of hydrogen-bond acceptors (Lipinski definition) is 15. The second-order valence-electron chi connectivity index (χ2n) is 19.3. The number of amides is 1. The van der Waals surface area contributed by atoms with Crippen molar-refractivity contribution in [1.29, 1.82) is 0 Å². The summed E-state index contributed by atoms with van der Waals surface area (Å²) in [6.07, 6.45) is 13.0. The minimum Gasteiger partial charge on any atom is -0.394 e. The molecule has 2 fully saturated rings. The van der Waals surface area contributed by atoms with E-state index in [0.717, 1.165) is 44.9 Å². The van der Waals surface area contributed by atoms with Gasteiger partial charge in [0.05, 0.1) is 32.0 Å². The molecule has 0 radical (unpaired) electrons. The first-order valence-electron chi connectivity index (χ1n) is 26.5. The van der Waals surface area contributed by atoms with Crippen LogP contribution in [0.2, 0.25) is 0 Å². The Hall–Kier alpha value is -1.09. The summed E-state index contributed by atoms with van der Waals surface area (Å²) < 4.78 is 22.4. The van der Waals surface area contributed by atoms with Crippen molar-refractivity contribution >= 4 is 5.91 Å². The Morgan fingerprint density at radius 3 is 1.27 bits per heavy atom. The summed E-state index contributed by atoms with van der Waals surface area (Å²) in [6.45, 7) is 2.66. The molecule has 0 spiro atoms. The Bertz CT molecular complexity index is 1160. The summed E-state index contributed by atoms with van der Waals surface area (Å²) in [7, 11) is 0. The molecule has 2 aliphatic heterocycles. The van der Waals surface area contributed by atoms with Gasteiger partial charge < -0.3 is 75.3 Å². The fourth-order valence-corrected chi connectivity index (χ4v) is 8.94. The van der Waals surface area contributed by atoms with Crippen LogP contribution in [0.5, 0.6) is 0 Å². The van der Waals surface area contributed by atoms with Gasteiger partial charge in [-0.1, -0.05) is 194 Å². The number of carbonyl (C=O) groups is 1. The van der Waals surface area contributed by atoms with Gasteiger partial charge in [-0.2, -0.15) is 0 Å². The number of aliphatic hydroxyl groups is 10. The van der Waals surface area contributed by atoms with Crippen molar-refractivity contribution in [3.63, 3.8) is 0 Å². The largest absolute Gasteiger partial charge is 0.394 e. The van der Waals surface area contributed by atoms with E-state index in [1.54, 1.807) is 0 Å². The highest BCUT2D eigenvalue weighted by Crippen LogP contribution is 2.27. The predicted octanol–water partition coefficient (Wildman–Crippen LogP) is 4.94. The standard InChI is InChI=1S/C50H97NO15/c1-3-5-7-9-11-13-15-16-17-18-19-20-21-22-24-26-28-30-32-38(54)48(62)51-36(41(55)37(53)31-29-27-25-23-14-12-10-8-6-4-2)34-63-49-47(61)45(59)43(57)40(66-49)35-64-50-46(60)44(58)42(56)39(33-52)65-50/h36-47,49-50,52-61H,3-35H2,1-2H3,(H,51,62)/t36-,37+,38+,39+,40+,41-,42-,43+,44-,45-,46+,47+,49+,50-/m0/s1. The summed E-state index contributed by atoms with van der Waals surface area (Å²) in [5.41, 5.74) is 0. The first-order chi connectivity index (χ1) is 31.9. The van der Waals surface area contributed by atoms with E-state index in [2.05, 4.69) is 19.2 Å². The minimum atomic E-state index is -1.82. The van der Waals surface area contributed by atoms with Crippen LogP contribution in [0.1, 0.15) is 206 Å². The number of rotatable bonds is 41. The predicted molar refractivity (Wildman–Crippen MR) is 252 cm³/mol. The van der Waals surface area contributed by atoms with E-state index >= 15 is 0 Å². The van der Waals surface area contributed by atoms with E-state index in [1.807, 2.05) is 0 Å². The lowest BCUT2D eigenvalue weighted by Crippen LogP contribution is -2.62. The third-order valence-electron chi connectivity index (χ3n) is 13.5. The molecule has 2 saturated heterocycles. The van der Waals surface area contributed by atoms with Crippen LogP contribution in [-0.4, -0.2) is 163 Å². The average molecular weight is 952 g/mol. The fourth-order valence-electron chi connectivity index (χ4n) is 8.94. The van der Waals surface area contributed by atoms with Gasteiger partial charge in [-0.25, -0.2) is 0 Å². The quantitative estimate of drug-likeness (QED) is 0.0363. The van der Waals surface area contributed by atoms with E-state index in [4.69, 9.17) is 18.9 Å². The van der Waals surface area contributed by atoms with Gasteiger partial charge in [-0.3, -0.25) is 4.79 Å². The number of unbranched alkanes of at least 4 members (excludes halogenated alkanes) is 26. The number of carbonyl (C=O) groups excluding carboxylic acids is 1. The second kappa shape index (κ2) is 37.7. The van der Waals surface area contributed by atoms with Crippen molar-refractivity contribution < 1.29 is 74.8 Å². The van der Waals surface area contributed by atoms with Crippen molar-refractivity contribution in [1.82, 2.24) is 5.32 Å². The number of ether oxygens (including phenoxy) is 4. The highest BCUT2D eigenvalue weighted by molar-refractivity contribution is 5.80. The first-order valence-corrected chi connectivity index (χ1v) is 26.5. The molecule has 2 rings (SSSR count). The van der Waals surface area contributed by atoms with Crippen molar-refractivity contribution in [3.8, 4) is 0 Å². The van der Waals surface area contributed by atoms with Crippen molar-refractivity contribution in [2.45, 2.75) is 292 Å². The molecule has 0 aromatic carbocycles. The lowest BCUT2D eigenvalue weighted by molar-refractivity contribution is -0.331. The first kappa shape index (κ1) is 61.0. The lowest BCUT2D eigenvalue weighted by Gasteiger charge is -2.43. The van der Waals surface area contributed by atoms with Gasteiger partial charge in [0.15, 0.2) is 12.6 Å². The van der Waals surface area contributed by atoms with Crippen LogP contribution >= 0.6 is 0 Å². The molecule has 11 N–H and O–H groups in total. The van der Waals surface area contributed by atoms with Gasteiger partial charge in [0, 0.05) is 0 Å². The van der Waals surface area contributed by atoms with E-state index < -0.39 is 111 Å². The Morgan fingerprint density at radius 1 is 0.485 bits per heavy atom. The Morgan fingerprint density at radius 2 is 0.848 bits per heavy atom. The fraction of sp³-hybridized carbons (Fsp3) is 0.980. The molecule has 1 amide bonds. The molecule has 16 heteroatoms. The van der Waals surface area contributed by atoms with Crippen LogP contribution in [0.25, 0.3) is 0 Å². The van der Waals surface area contributed by atoms with Crippen LogP contribution in [0.15, 0.2) is 0 Å². The van der Waals surface area contributed by atoms with Crippen LogP contribution in [0, 0.1) is 0 Å². The zero-order valence-electron chi connectivity index (χ0n) is 40.9. The molecule has 0 aliphatic carbocycles. The van der Waals surface area contributed by atoms with Crippen molar-refractivity contribution in [3.05, 3.63) is 0 Å². The third-order valence-corrected chi connectivity index (χ3v) is 13.5. The molecule has 0 unspecified atom stereocenters. The van der Waals surface area contributed by atoms with Crippen LogP contribution in [0.3, 0.4) is 0 Å². The molecule has 14 atom stereocenters. The third kappa shape index (κ3) is 24.6. The maximum atomic E-state index is 13.3. The maximum absolute atomic E-state index is 13.3. The lowest BCUT2D eigenvalue weighted by atomic mass is 9.98. The molecular weight excluding hydrogens is 855 g/mol. The molecule has 0 aromatic rings. The summed E-state index contributed by atoms with van der Waals surface area (Å²) in [6, 6.07) is -1.27. The molecule has 392 valence electrons. The summed E-state index contributed by atoms with van der Waals surface area (Å²) in [5, 5.41) is 108. The SMILES string of the molecule is CCCCCCCCCCCCCCCCCCCC[C@@H](O)C(=O)N[C@@H](CO[C@@H]1O[C@H](CO[C@H]2O[C@H](CO)[C@H](O)[C@H](O)[C@H]2O)[C@@H](O)[C@H](O)[C@H]1O)[C@H](O)[C@H](O)CCCCCCCCCCCC. The smallest absolute Gasteiger partial charge is 0.249 e. The molecule has 16 nitrogen and oxygen atoms in total. The highest BCUT2D eigenvalue weighted by atomic mass is 16.7.